The fourth-order valence-electron chi connectivity index (χ4n) is 4.33. The Balaban J connectivity index is 1.32. The van der Waals surface area contributed by atoms with Crippen LogP contribution in [0, 0.1) is 0 Å². The third kappa shape index (κ3) is 5.84. The third-order valence-corrected chi connectivity index (χ3v) is 6.20. The molecule has 3 heterocycles. The van der Waals surface area contributed by atoms with E-state index in [-0.39, 0.29) is 24.5 Å². The maximum absolute atomic E-state index is 12.9. The lowest BCUT2D eigenvalue weighted by Crippen LogP contribution is -2.59. The number of nitrogens with zero attached hydrogens (tertiary/aromatic N) is 7. The lowest BCUT2D eigenvalue weighted by molar-refractivity contribution is -0.139. The first-order chi connectivity index (χ1) is 17.0. The van der Waals surface area contributed by atoms with Crippen LogP contribution in [0.25, 0.3) is 0 Å². The van der Waals surface area contributed by atoms with Crippen LogP contribution in [0.3, 0.4) is 0 Å². The van der Waals surface area contributed by atoms with E-state index in [1.54, 1.807) is 12.3 Å². The first-order valence-electron chi connectivity index (χ1n) is 11.2. The number of ether oxygens (including phenoxy) is 1. The van der Waals surface area contributed by atoms with Crippen molar-refractivity contribution in [3.05, 3.63) is 53.7 Å². The molecule has 35 heavy (non-hydrogen) atoms. The Kier molecular flexibility index (Phi) is 7.72. The van der Waals surface area contributed by atoms with Gasteiger partial charge in [0.1, 0.15) is 18.5 Å². The molecule has 2 saturated heterocycles. The summed E-state index contributed by atoms with van der Waals surface area (Å²) in [4.78, 5) is 21.5. The Bertz CT molecular complexity index is 1060. The van der Waals surface area contributed by atoms with Crippen molar-refractivity contribution < 1.29 is 9.53 Å². The molecule has 13 nitrogen and oxygen atoms in total. The SMILES string of the molecule is N/N=C\N(N)c1cccc(C2CN3CCN(C(=O)Cc4ccc(N(N)/C=N\N)nc4)CC3CO2)c1. The monoisotopic (exact) mass is 481 g/mol. The van der Waals surface area contributed by atoms with Crippen molar-refractivity contribution >= 4 is 30.1 Å². The van der Waals surface area contributed by atoms with Crippen molar-refractivity contribution in [3.63, 3.8) is 0 Å². The van der Waals surface area contributed by atoms with Gasteiger partial charge in [0.2, 0.25) is 5.91 Å². The van der Waals surface area contributed by atoms with Gasteiger partial charge in [0, 0.05) is 32.4 Å². The molecule has 186 valence electrons. The number of fused-ring (bicyclic) bond motifs is 1. The molecular weight excluding hydrogens is 450 g/mol. The Morgan fingerprint density at radius 2 is 1.91 bits per heavy atom. The molecule has 0 radical (unpaired) electrons. The first kappa shape index (κ1) is 24.3. The summed E-state index contributed by atoms with van der Waals surface area (Å²) in [7, 11) is 0. The molecule has 2 aliphatic rings. The molecule has 4 rings (SSSR count). The highest BCUT2D eigenvalue weighted by Gasteiger charge is 2.35. The summed E-state index contributed by atoms with van der Waals surface area (Å²) in [5, 5.41) is 9.39. The standard InChI is InChI=1S/C22H31N11O2/c23-28-14-32(25)18-3-1-2-17(9-18)20-12-30-6-7-31(11-19(30)13-35-20)22(34)8-16-4-5-21(27-10-16)33(26)15-29-24/h1-5,9-10,14-15,19-20H,6-8,11-13,23-26H2/b28-14-,29-15-. The predicted octanol–water partition coefficient (Wildman–Crippen LogP) is -0.927. The Hall–Kier alpha value is -3.78. The maximum atomic E-state index is 12.9. The van der Waals surface area contributed by atoms with Gasteiger partial charge in [0.15, 0.2) is 0 Å². The lowest BCUT2D eigenvalue weighted by Gasteiger charge is -2.46. The summed E-state index contributed by atoms with van der Waals surface area (Å²) in [6.07, 6.45) is 4.43. The predicted molar refractivity (Wildman–Crippen MR) is 134 cm³/mol. The highest BCUT2D eigenvalue weighted by atomic mass is 16.5. The van der Waals surface area contributed by atoms with Crippen LogP contribution in [0.5, 0.6) is 0 Å². The lowest BCUT2D eigenvalue weighted by atomic mass is 10.0. The van der Waals surface area contributed by atoms with Crippen LogP contribution in [0.15, 0.2) is 52.8 Å². The molecule has 2 aromatic rings. The van der Waals surface area contributed by atoms with E-state index < -0.39 is 0 Å². The molecule has 0 aliphatic carbocycles. The first-order valence-corrected chi connectivity index (χ1v) is 11.2. The number of carbonyl (C=O) groups excluding carboxylic acids is 1. The number of hydrogen-bond acceptors (Lipinski definition) is 10. The van der Waals surface area contributed by atoms with Crippen molar-refractivity contribution in [2.75, 3.05) is 42.8 Å². The molecule has 2 unspecified atom stereocenters. The number of amides is 1. The van der Waals surface area contributed by atoms with Gasteiger partial charge in [-0.25, -0.2) is 21.7 Å². The van der Waals surface area contributed by atoms with E-state index in [1.807, 2.05) is 35.2 Å². The maximum Gasteiger partial charge on any atom is 0.227 e. The van der Waals surface area contributed by atoms with Crippen molar-refractivity contribution in [1.29, 1.82) is 0 Å². The Morgan fingerprint density at radius 1 is 1.11 bits per heavy atom. The summed E-state index contributed by atoms with van der Waals surface area (Å²) in [5.74, 6) is 22.5. The average molecular weight is 482 g/mol. The van der Waals surface area contributed by atoms with Gasteiger partial charge in [-0.1, -0.05) is 18.2 Å². The van der Waals surface area contributed by atoms with E-state index in [2.05, 4.69) is 20.1 Å². The van der Waals surface area contributed by atoms with Crippen LogP contribution in [-0.2, 0) is 16.0 Å². The number of nitrogens with two attached hydrogens (primary N) is 4. The molecule has 2 atom stereocenters. The number of hydrazine groups is 2. The zero-order valence-electron chi connectivity index (χ0n) is 19.3. The van der Waals surface area contributed by atoms with E-state index in [0.717, 1.165) is 29.9 Å². The summed E-state index contributed by atoms with van der Waals surface area (Å²) in [6.45, 7) is 3.38. The molecule has 0 bridgehead atoms. The normalized spacial score (nSPS) is 20.8. The zero-order valence-corrected chi connectivity index (χ0v) is 19.3. The second kappa shape index (κ2) is 11.1. The smallest absolute Gasteiger partial charge is 0.227 e. The van der Waals surface area contributed by atoms with Crippen LogP contribution < -0.4 is 33.4 Å². The van der Waals surface area contributed by atoms with Crippen LogP contribution in [-0.4, -0.2) is 72.2 Å². The van der Waals surface area contributed by atoms with Gasteiger partial charge in [-0.15, -0.1) is 0 Å². The topological polar surface area (TPSA) is 181 Å². The number of aromatic nitrogens is 1. The highest BCUT2D eigenvalue weighted by Crippen LogP contribution is 2.29. The second-order valence-electron chi connectivity index (χ2n) is 8.45. The quantitative estimate of drug-likeness (QED) is 0.167. The molecule has 0 spiro atoms. The summed E-state index contributed by atoms with van der Waals surface area (Å²) < 4.78 is 6.19. The van der Waals surface area contributed by atoms with Gasteiger partial charge < -0.3 is 21.3 Å². The van der Waals surface area contributed by atoms with Gasteiger partial charge in [-0.2, -0.15) is 10.2 Å². The second-order valence-corrected chi connectivity index (χ2v) is 8.45. The van der Waals surface area contributed by atoms with E-state index in [1.165, 1.54) is 22.7 Å². The minimum absolute atomic E-state index is 0.0618. The largest absolute Gasteiger partial charge is 0.370 e. The van der Waals surface area contributed by atoms with E-state index in [9.17, 15) is 4.79 Å². The van der Waals surface area contributed by atoms with Gasteiger partial charge >= 0.3 is 0 Å². The number of morpholine rings is 1. The molecule has 1 amide bonds. The minimum Gasteiger partial charge on any atom is -0.370 e. The van der Waals surface area contributed by atoms with Crippen LogP contribution >= 0.6 is 0 Å². The number of hydrazone groups is 2. The van der Waals surface area contributed by atoms with Crippen LogP contribution in [0.1, 0.15) is 17.2 Å². The van der Waals surface area contributed by atoms with Gasteiger partial charge in [0.05, 0.1) is 30.9 Å². The van der Waals surface area contributed by atoms with E-state index in [4.69, 9.17) is 28.1 Å². The minimum atomic E-state index is -0.0762. The summed E-state index contributed by atoms with van der Waals surface area (Å²) in [6, 6.07) is 11.5. The highest BCUT2D eigenvalue weighted by molar-refractivity contribution is 5.79. The number of piperazine rings is 1. The average Bonchev–Trinajstić information content (AvgIpc) is 2.89. The number of pyridine rings is 1. The van der Waals surface area contributed by atoms with E-state index >= 15 is 0 Å². The zero-order chi connectivity index (χ0) is 24.8. The van der Waals surface area contributed by atoms with Gasteiger partial charge in [-0.3, -0.25) is 14.7 Å². The number of anilines is 2. The van der Waals surface area contributed by atoms with Gasteiger partial charge in [-0.05, 0) is 29.3 Å². The fourth-order valence-corrected chi connectivity index (χ4v) is 4.33. The Labute approximate surface area is 203 Å². The van der Waals surface area contributed by atoms with E-state index in [0.29, 0.717) is 25.5 Å². The van der Waals surface area contributed by atoms with Gasteiger partial charge in [0.25, 0.3) is 0 Å². The molecule has 0 saturated carbocycles. The fraction of sp³-hybridized carbons (Fsp3) is 0.364. The molecule has 2 fully saturated rings. The molecule has 2 aliphatic heterocycles. The van der Waals surface area contributed by atoms with Crippen LogP contribution in [0.4, 0.5) is 11.5 Å². The summed E-state index contributed by atoms with van der Waals surface area (Å²) >= 11 is 0. The molecular formula is C22H31N11O2. The van der Waals surface area contributed by atoms with Crippen molar-refractivity contribution in [2.45, 2.75) is 18.6 Å². The van der Waals surface area contributed by atoms with Crippen molar-refractivity contribution in [3.8, 4) is 0 Å². The molecule has 8 N–H and O–H groups in total. The molecule has 13 heteroatoms. The number of hydrogen-bond donors (Lipinski definition) is 4. The van der Waals surface area contributed by atoms with Crippen molar-refractivity contribution in [2.24, 2.45) is 33.6 Å². The Morgan fingerprint density at radius 3 is 2.66 bits per heavy atom. The molecule has 1 aromatic carbocycles. The molecule has 1 aromatic heterocycles. The third-order valence-electron chi connectivity index (χ3n) is 6.20. The number of carbonyl (C=O) groups is 1. The number of rotatable bonds is 7. The van der Waals surface area contributed by atoms with Crippen LogP contribution in [0.2, 0.25) is 0 Å². The number of benzene rings is 1. The summed E-state index contributed by atoms with van der Waals surface area (Å²) in [5.41, 5.74) is 2.62. The van der Waals surface area contributed by atoms with Crippen molar-refractivity contribution in [1.82, 2.24) is 14.8 Å².